The van der Waals surface area contributed by atoms with Crippen LogP contribution in [-0.2, 0) is 15.0 Å². The molecule has 1 aliphatic rings. The molecule has 0 radical (unpaired) electrons. The number of ether oxygens (including phenoxy) is 1. The Bertz CT molecular complexity index is 880. The Kier molecular flexibility index (Phi) is 5.73. The first-order valence-electron chi connectivity index (χ1n) is 9.68. The van der Waals surface area contributed by atoms with Crippen molar-refractivity contribution < 1.29 is 14.3 Å². The maximum atomic E-state index is 12.4. The van der Waals surface area contributed by atoms with E-state index in [1.165, 1.54) is 0 Å². The highest BCUT2D eigenvalue weighted by Gasteiger charge is 2.30. The Labute approximate surface area is 166 Å². The van der Waals surface area contributed by atoms with Gasteiger partial charge >= 0.3 is 0 Å². The summed E-state index contributed by atoms with van der Waals surface area (Å²) in [5.41, 5.74) is 3.22. The smallest absolute Gasteiger partial charge is 0.262 e. The number of para-hydroxylation sites is 1. The maximum Gasteiger partial charge on any atom is 0.262 e. The Morgan fingerprint density at radius 1 is 1.00 bits per heavy atom. The fraction of sp³-hybridized carbons (Fsp3) is 0.391. The summed E-state index contributed by atoms with van der Waals surface area (Å²) < 4.78 is 5.79. The summed E-state index contributed by atoms with van der Waals surface area (Å²) in [7, 11) is 0. The molecule has 2 aromatic rings. The number of hydrogen-bond acceptors (Lipinski definition) is 3. The molecule has 2 N–H and O–H groups in total. The average molecular weight is 380 g/mol. The van der Waals surface area contributed by atoms with E-state index < -0.39 is 0 Å². The molecule has 1 fully saturated rings. The zero-order valence-electron chi connectivity index (χ0n) is 17.0. The fourth-order valence-electron chi connectivity index (χ4n) is 3.03. The zero-order chi connectivity index (χ0) is 20.3. The van der Waals surface area contributed by atoms with Gasteiger partial charge < -0.3 is 15.4 Å². The highest BCUT2D eigenvalue weighted by Crippen LogP contribution is 2.32. The van der Waals surface area contributed by atoms with Gasteiger partial charge in [0, 0.05) is 17.3 Å². The van der Waals surface area contributed by atoms with Gasteiger partial charge in [-0.2, -0.15) is 0 Å². The summed E-state index contributed by atoms with van der Waals surface area (Å²) in [4.78, 5) is 24.4. The monoisotopic (exact) mass is 380 g/mol. The number of hydrogen-bond donors (Lipinski definition) is 2. The summed E-state index contributed by atoms with van der Waals surface area (Å²) in [5.74, 6) is 0.660. The van der Waals surface area contributed by atoms with E-state index in [0.29, 0.717) is 11.4 Å². The number of amides is 2. The first kappa shape index (κ1) is 19.9. The second-order valence-corrected chi connectivity index (χ2v) is 8.32. The summed E-state index contributed by atoms with van der Waals surface area (Å²) in [6, 6.07) is 13.3. The molecule has 5 heteroatoms. The average Bonchev–Trinajstić information content (AvgIpc) is 3.48. The maximum absolute atomic E-state index is 12.4. The molecular weight excluding hydrogens is 352 g/mol. The van der Waals surface area contributed by atoms with Crippen LogP contribution in [-0.4, -0.2) is 18.4 Å². The normalized spacial score (nSPS) is 13.7. The number of anilines is 2. The number of benzene rings is 2. The molecule has 1 aliphatic carbocycles. The molecule has 0 aromatic heterocycles. The van der Waals surface area contributed by atoms with Crippen LogP contribution >= 0.6 is 0 Å². The number of nitrogens with one attached hydrogen (secondary N) is 2. The van der Waals surface area contributed by atoms with Gasteiger partial charge in [0.15, 0.2) is 6.61 Å². The molecule has 2 amide bonds. The molecule has 0 bridgehead atoms. The van der Waals surface area contributed by atoms with Crippen molar-refractivity contribution in [1.82, 2.24) is 0 Å². The molecule has 0 unspecified atom stereocenters. The lowest BCUT2D eigenvalue weighted by atomic mass is 9.86. The Morgan fingerprint density at radius 2 is 1.64 bits per heavy atom. The van der Waals surface area contributed by atoms with E-state index in [2.05, 4.69) is 31.4 Å². The molecule has 0 aliphatic heterocycles. The van der Waals surface area contributed by atoms with Crippen LogP contribution in [0.25, 0.3) is 0 Å². The van der Waals surface area contributed by atoms with Crippen molar-refractivity contribution in [1.29, 1.82) is 0 Å². The standard InChI is InChI=1S/C23H28N2O3/c1-15-18(9-7-10-19(15)25-22(27)16-12-13-16)24-21(26)14-28-20-11-6-5-8-17(20)23(2,3)4/h5-11,16H,12-14H2,1-4H3,(H,24,26)(H,25,27). The second-order valence-electron chi connectivity index (χ2n) is 8.32. The van der Waals surface area contributed by atoms with Gasteiger partial charge in [0.05, 0.1) is 0 Å². The van der Waals surface area contributed by atoms with Gasteiger partial charge in [0.2, 0.25) is 5.91 Å². The van der Waals surface area contributed by atoms with Crippen molar-refractivity contribution in [2.45, 2.75) is 46.0 Å². The molecule has 0 atom stereocenters. The minimum absolute atomic E-state index is 0.0497. The van der Waals surface area contributed by atoms with Gasteiger partial charge in [-0.05, 0) is 54.5 Å². The van der Waals surface area contributed by atoms with Crippen molar-refractivity contribution in [2.24, 2.45) is 5.92 Å². The summed E-state index contributed by atoms with van der Waals surface area (Å²) in [6.45, 7) is 8.14. The van der Waals surface area contributed by atoms with E-state index in [1.54, 1.807) is 0 Å². The van der Waals surface area contributed by atoms with E-state index in [9.17, 15) is 9.59 Å². The van der Waals surface area contributed by atoms with E-state index >= 15 is 0 Å². The van der Waals surface area contributed by atoms with Crippen molar-refractivity contribution >= 4 is 23.2 Å². The Morgan fingerprint density at radius 3 is 2.29 bits per heavy atom. The highest BCUT2D eigenvalue weighted by molar-refractivity contribution is 5.97. The number of carbonyl (C=O) groups excluding carboxylic acids is 2. The zero-order valence-corrected chi connectivity index (χ0v) is 17.0. The third kappa shape index (κ3) is 4.91. The van der Waals surface area contributed by atoms with Gasteiger partial charge in [0.1, 0.15) is 5.75 Å². The molecule has 0 saturated heterocycles. The highest BCUT2D eigenvalue weighted by atomic mass is 16.5. The third-order valence-electron chi connectivity index (χ3n) is 4.87. The van der Waals surface area contributed by atoms with Gasteiger partial charge in [-0.15, -0.1) is 0 Å². The third-order valence-corrected chi connectivity index (χ3v) is 4.87. The first-order chi connectivity index (χ1) is 13.3. The minimum Gasteiger partial charge on any atom is -0.483 e. The predicted molar refractivity (Wildman–Crippen MR) is 112 cm³/mol. The molecule has 5 nitrogen and oxygen atoms in total. The van der Waals surface area contributed by atoms with Crippen LogP contribution in [0.1, 0.15) is 44.7 Å². The molecule has 28 heavy (non-hydrogen) atoms. The van der Waals surface area contributed by atoms with Gasteiger partial charge in [-0.25, -0.2) is 0 Å². The lowest BCUT2D eigenvalue weighted by Crippen LogP contribution is -2.22. The number of rotatable bonds is 6. The Hall–Kier alpha value is -2.82. The molecular formula is C23H28N2O3. The summed E-state index contributed by atoms with van der Waals surface area (Å²) in [6.07, 6.45) is 1.91. The van der Waals surface area contributed by atoms with Gasteiger partial charge in [0.25, 0.3) is 5.91 Å². The Balaban J connectivity index is 1.63. The second kappa shape index (κ2) is 8.05. The topological polar surface area (TPSA) is 67.4 Å². The fourth-order valence-corrected chi connectivity index (χ4v) is 3.03. The van der Waals surface area contributed by atoms with Crippen LogP contribution < -0.4 is 15.4 Å². The molecule has 148 valence electrons. The van der Waals surface area contributed by atoms with Crippen LogP contribution in [0.4, 0.5) is 11.4 Å². The molecule has 0 spiro atoms. The van der Waals surface area contributed by atoms with E-state index in [4.69, 9.17) is 4.74 Å². The van der Waals surface area contributed by atoms with Gasteiger partial charge in [-0.1, -0.05) is 45.0 Å². The largest absolute Gasteiger partial charge is 0.483 e. The molecule has 1 saturated carbocycles. The predicted octanol–water partition coefficient (Wildman–Crippen LogP) is 4.66. The van der Waals surface area contributed by atoms with Crippen LogP contribution in [0.15, 0.2) is 42.5 Å². The van der Waals surface area contributed by atoms with Crippen molar-refractivity contribution in [2.75, 3.05) is 17.2 Å². The van der Waals surface area contributed by atoms with Crippen LogP contribution in [0.3, 0.4) is 0 Å². The molecule has 3 rings (SSSR count). The van der Waals surface area contributed by atoms with Crippen LogP contribution in [0.5, 0.6) is 5.75 Å². The van der Waals surface area contributed by atoms with E-state index in [1.807, 2.05) is 49.4 Å². The summed E-state index contributed by atoms with van der Waals surface area (Å²) >= 11 is 0. The quantitative estimate of drug-likeness (QED) is 0.766. The van der Waals surface area contributed by atoms with Crippen molar-refractivity contribution in [3.63, 3.8) is 0 Å². The van der Waals surface area contributed by atoms with E-state index in [-0.39, 0.29) is 29.8 Å². The molecule has 2 aromatic carbocycles. The molecule has 0 heterocycles. The lowest BCUT2D eigenvalue weighted by molar-refractivity contribution is -0.118. The summed E-state index contributed by atoms with van der Waals surface area (Å²) in [5, 5.41) is 5.83. The van der Waals surface area contributed by atoms with Crippen molar-refractivity contribution in [3.05, 3.63) is 53.6 Å². The number of carbonyl (C=O) groups is 2. The first-order valence-corrected chi connectivity index (χ1v) is 9.68. The van der Waals surface area contributed by atoms with Crippen LogP contribution in [0, 0.1) is 12.8 Å². The minimum atomic E-state index is -0.238. The van der Waals surface area contributed by atoms with E-state index in [0.717, 1.165) is 29.7 Å². The van der Waals surface area contributed by atoms with Crippen molar-refractivity contribution in [3.8, 4) is 5.75 Å². The SMILES string of the molecule is Cc1c(NC(=O)COc2ccccc2C(C)(C)C)cccc1NC(=O)C1CC1. The van der Waals surface area contributed by atoms with Crippen LogP contribution in [0.2, 0.25) is 0 Å². The lowest BCUT2D eigenvalue weighted by Gasteiger charge is -2.22. The van der Waals surface area contributed by atoms with Gasteiger partial charge in [-0.3, -0.25) is 9.59 Å².